The molecule has 0 heterocycles. The van der Waals surface area contributed by atoms with Gasteiger partial charge < -0.3 is 9.84 Å². The lowest BCUT2D eigenvalue weighted by Crippen LogP contribution is -2.24. The highest BCUT2D eigenvalue weighted by molar-refractivity contribution is 5.32. The molecule has 0 aliphatic heterocycles. The summed E-state index contributed by atoms with van der Waals surface area (Å²) in [5.74, 6) is 1.44. The van der Waals surface area contributed by atoms with Crippen LogP contribution in [0.5, 0.6) is 5.75 Å². The lowest BCUT2D eigenvalue weighted by Gasteiger charge is -2.22. The number of azide groups is 1. The van der Waals surface area contributed by atoms with Crippen LogP contribution in [0.3, 0.4) is 0 Å². The average Bonchev–Trinajstić information content (AvgIpc) is 3.18. The molecule has 2 rings (SSSR count). The van der Waals surface area contributed by atoms with Crippen molar-refractivity contribution in [1.82, 2.24) is 0 Å². The van der Waals surface area contributed by atoms with Gasteiger partial charge in [-0.1, -0.05) is 17.2 Å². The van der Waals surface area contributed by atoms with Crippen molar-refractivity contribution in [2.45, 2.75) is 25.4 Å². The maximum absolute atomic E-state index is 10.2. The molecule has 0 aromatic heterocycles. The van der Waals surface area contributed by atoms with Crippen LogP contribution < -0.4 is 4.74 Å². The molecule has 1 saturated carbocycles. The fraction of sp³-hybridized carbons (Fsp3) is 0.538. The minimum absolute atomic E-state index is 0.00950. The third-order valence-corrected chi connectivity index (χ3v) is 3.08. The second-order valence-corrected chi connectivity index (χ2v) is 4.95. The summed E-state index contributed by atoms with van der Waals surface area (Å²) < 4.78 is 5.66. The van der Waals surface area contributed by atoms with Crippen LogP contribution in [0.2, 0.25) is 0 Å². The van der Waals surface area contributed by atoms with E-state index in [9.17, 15) is 5.11 Å². The molecule has 1 fully saturated rings. The van der Waals surface area contributed by atoms with Crippen molar-refractivity contribution in [3.05, 3.63) is 40.3 Å². The number of benzene rings is 1. The smallest absolute Gasteiger partial charge is 0.119 e. The number of aliphatic hydroxyl groups is 1. The van der Waals surface area contributed by atoms with Gasteiger partial charge in [-0.2, -0.15) is 0 Å². The van der Waals surface area contributed by atoms with Gasteiger partial charge in [-0.25, -0.2) is 0 Å². The summed E-state index contributed by atoms with van der Waals surface area (Å²) in [5.41, 5.74) is 7.84. The third-order valence-electron chi connectivity index (χ3n) is 3.08. The minimum atomic E-state index is -1.16. The van der Waals surface area contributed by atoms with Gasteiger partial charge in [0, 0.05) is 4.91 Å². The van der Waals surface area contributed by atoms with Crippen LogP contribution in [0, 0.1) is 5.92 Å². The van der Waals surface area contributed by atoms with Crippen LogP contribution in [-0.4, -0.2) is 18.3 Å². The first-order valence-corrected chi connectivity index (χ1v) is 6.08. The van der Waals surface area contributed by atoms with Gasteiger partial charge in [0.15, 0.2) is 0 Å². The first-order valence-electron chi connectivity index (χ1n) is 6.08. The molecule has 0 bridgehead atoms. The van der Waals surface area contributed by atoms with Crippen molar-refractivity contribution in [2.24, 2.45) is 11.0 Å². The molecule has 96 valence electrons. The van der Waals surface area contributed by atoms with E-state index in [0.29, 0.717) is 11.5 Å². The lowest BCUT2D eigenvalue weighted by atomic mass is 9.96. The normalized spacial score (nSPS) is 17.7. The fourth-order valence-electron chi connectivity index (χ4n) is 1.68. The van der Waals surface area contributed by atoms with Crippen molar-refractivity contribution in [3.8, 4) is 5.75 Å². The van der Waals surface area contributed by atoms with Gasteiger partial charge in [-0.15, -0.1) is 0 Å². The lowest BCUT2D eigenvalue weighted by molar-refractivity contribution is 0.0666. The molecule has 18 heavy (non-hydrogen) atoms. The summed E-state index contributed by atoms with van der Waals surface area (Å²) in [4.78, 5) is 2.67. The van der Waals surface area contributed by atoms with Crippen molar-refractivity contribution in [3.63, 3.8) is 0 Å². The Morgan fingerprint density at radius 2 is 2.33 bits per heavy atom. The zero-order valence-corrected chi connectivity index (χ0v) is 10.4. The summed E-state index contributed by atoms with van der Waals surface area (Å²) in [6, 6.07) is 7.31. The standard InChI is InChI=1S/C13H17N3O2/c1-13(17,9-15-16-14)11-3-2-4-12(7-11)18-8-10-5-6-10/h2-4,7,10,17H,5-6,8-9H2,1H3/t13-/m0/s1. The number of hydrogen-bond donors (Lipinski definition) is 1. The van der Waals surface area contributed by atoms with Crippen LogP contribution in [0.4, 0.5) is 0 Å². The number of hydrogen-bond acceptors (Lipinski definition) is 3. The molecule has 5 nitrogen and oxygen atoms in total. The van der Waals surface area contributed by atoms with Crippen LogP contribution >= 0.6 is 0 Å². The van der Waals surface area contributed by atoms with E-state index in [1.165, 1.54) is 12.8 Å². The van der Waals surface area contributed by atoms with E-state index < -0.39 is 5.60 Å². The summed E-state index contributed by atoms with van der Waals surface area (Å²) >= 11 is 0. The molecule has 0 saturated heterocycles. The molecule has 0 unspecified atom stereocenters. The van der Waals surface area contributed by atoms with Crippen molar-refractivity contribution >= 4 is 0 Å². The Balaban J connectivity index is 2.06. The molecule has 1 aliphatic carbocycles. The van der Waals surface area contributed by atoms with E-state index in [4.69, 9.17) is 10.3 Å². The molecule has 1 aromatic rings. The Morgan fingerprint density at radius 3 is 3.00 bits per heavy atom. The van der Waals surface area contributed by atoms with Gasteiger partial charge in [0.2, 0.25) is 0 Å². The van der Waals surface area contributed by atoms with E-state index in [2.05, 4.69) is 10.0 Å². The first-order chi connectivity index (χ1) is 8.62. The minimum Gasteiger partial charge on any atom is -0.493 e. The van der Waals surface area contributed by atoms with Gasteiger partial charge in [0.05, 0.1) is 18.8 Å². The van der Waals surface area contributed by atoms with E-state index >= 15 is 0 Å². The highest BCUT2D eigenvalue weighted by atomic mass is 16.5. The fourth-order valence-corrected chi connectivity index (χ4v) is 1.68. The van der Waals surface area contributed by atoms with Crippen LogP contribution in [0.15, 0.2) is 29.4 Å². The topological polar surface area (TPSA) is 78.2 Å². The van der Waals surface area contributed by atoms with Crippen LogP contribution in [0.25, 0.3) is 10.4 Å². The highest BCUT2D eigenvalue weighted by Crippen LogP contribution is 2.30. The predicted molar refractivity (Wildman–Crippen MR) is 68.2 cm³/mol. The van der Waals surface area contributed by atoms with Crippen molar-refractivity contribution in [2.75, 3.05) is 13.2 Å². The Morgan fingerprint density at radius 1 is 1.56 bits per heavy atom. The van der Waals surface area contributed by atoms with E-state index in [1.807, 2.05) is 12.1 Å². The quantitative estimate of drug-likeness (QED) is 0.476. The molecule has 0 radical (unpaired) electrons. The molecule has 1 N–H and O–H groups in total. The molecule has 1 aromatic carbocycles. The third kappa shape index (κ3) is 3.39. The number of rotatable bonds is 6. The Hall–Kier alpha value is -1.71. The van der Waals surface area contributed by atoms with Crippen LogP contribution in [-0.2, 0) is 5.60 Å². The molecular formula is C13H17N3O2. The van der Waals surface area contributed by atoms with Gasteiger partial charge in [0.25, 0.3) is 0 Å². The summed E-state index contributed by atoms with van der Waals surface area (Å²) in [6.07, 6.45) is 2.49. The number of ether oxygens (including phenoxy) is 1. The Labute approximate surface area is 106 Å². The van der Waals surface area contributed by atoms with E-state index in [-0.39, 0.29) is 6.54 Å². The van der Waals surface area contributed by atoms with Gasteiger partial charge in [0.1, 0.15) is 5.75 Å². The Kier molecular flexibility index (Phi) is 3.75. The SMILES string of the molecule is C[C@](O)(CN=[N+]=[N-])c1cccc(OCC2CC2)c1. The van der Waals surface area contributed by atoms with E-state index in [0.717, 1.165) is 12.4 Å². The molecule has 5 heteroatoms. The molecule has 0 spiro atoms. The second-order valence-electron chi connectivity index (χ2n) is 4.95. The first kappa shape index (κ1) is 12.7. The van der Waals surface area contributed by atoms with Gasteiger partial charge in [-0.05, 0) is 48.9 Å². The predicted octanol–water partition coefficient (Wildman–Crippen LogP) is 2.99. The highest BCUT2D eigenvalue weighted by Gasteiger charge is 2.24. The summed E-state index contributed by atoms with van der Waals surface area (Å²) in [7, 11) is 0. The molecule has 1 atom stereocenters. The number of nitrogens with zero attached hydrogens (tertiary/aromatic N) is 3. The maximum Gasteiger partial charge on any atom is 0.119 e. The monoisotopic (exact) mass is 247 g/mol. The Bertz CT molecular complexity index is 463. The molecule has 1 aliphatic rings. The second kappa shape index (κ2) is 5.29. The molecular weight excluding hydrogens is 230 g/mol. The van der Waals surface area contributed by atoms with E-state index in [1.54, 1.807) is 19.1 Å². The van der Waals surface area contributed by atoms with Gasteiger partial charge >= 0.3 is 0 Å². The average molecular weight is 247 g/mol. The van der Waals surface area contributed by atoms with Crippen LogP contribution in [0.1, 0.15) is 25.3 Å². The van der Waals surface area contributed by atoms with Gasteiger partial charge in [-0.3, -0.25) is 0 Å². The maximum atomic E-state index is 10.2. The zero-order valence-electron chi connectivity index (χ0n) is 10.4. The summed E-state index contributed by atoms with van der Waals surface area (Å²) in [6.45, 7) is 2.37. The summed E-state index contributed by atoms with van der Waals surface area (Å²) in [5, 5.41) is 13.6. The van der Waals surface area contributed by atoms with Crippen molar-refractivity contribution in [1.29, 1.82) is 0 Å². The van der Waals surface area contributed by atoms with Crippen molar-refractivity contribution < 1.29 is 9.84 Å². The molecule has 0 amide bonds. The largest absolute Gasteiger partial charge is 0.493 e. The zero-order chi connectivity index (χ0) is 13.0.